The Morgan fingerprint density at radius 3 is 2.38 bits per heavy atom. The van der Waals surface area contributed by atoms with E-state index in [0.717, 1.165) is 6.07 Å². The zero-order valence-corrected chi connectivity index (χ0v) is 9.43. The maximum absolute atomic E-state index is 12.5. The Morgan fingerprint density at radius 2 is 1.88 bits per heavy atom. The molecule has 0 aromatic heterocycles. The first-order valence-corrected chi connectivity index (χ1v) is 5.22. The summed E-state index contributed by atoms with van der Waals surface area (Å²) in [5.41, 5.74) is 6.34. The lowest BCUT2D eigenvalue weighted by atomic mass is 10.0. The molecule has 1 atom stereocenters. The highest BCUT2D eigenvalue weighted by Crippen LogP contribution is 2.30. The van der Waals surface area contributed by atoms with Gasteiger partial charge < -0.3 is 5.73 Å². The van der Waals surface area contributed by atoms with E-state index < -0.39 is 11.7 Å². The normalized spacial score (nSPS) is 13.9. The number of aryl methyl sites for hydroxylation is 2. The summed E-state index contributed by atoms with van der Waals surface area (Å²) in [6.07, 6.45) is -2.99. The van der Waals surface area contributed by atoms with E-state index in [0.29, 0.717) is 24.0 Å². The molecule has 1 aromatic rings. The Hall–Kier alpha value is -1.03. The van der Waals surface area contributed by atoms with Gasteiger partial charge in [0.15, 0.2) is 0 Å². The largest absolute Gasteiger partial charge is 0.416 e. The third kappa shape index (κ3) is 3.85. The van der Waals surface area contributed by atoms with Crippen LogP contribution < -0.4 is 5.73 Å². The molecule has 2 N–H and O–H groups in total. The third-order valence-corrected chi connectivity index (χ3v) is 2.35. The topological polar surface area (TPSA) is 26.0 Å². The number of rotatable bonds is 3. The van der Waals surface area contributed by atoms with Crippen molar-refractivity contribution in [1.82, 2.24) is 0 Å². The number of nitrogens with two attached hydrogens (primary N) is 1. The van der Waals surface area contributed by atoms with Crippen LogP contribution in [-0.2, 0) is 12.6 Å². The van der Waals surface area contributed by atoms with Gasteiger partial charge in [-0.2, -0.15) is 13.2 Å². The molecule has 0 radical (unpaired) electrons. The van der Waals surface area contributed by atoms with Crippen LogP contribution in [0.1, 0.15) is 30.0 Å². The lowest BCUT2D eigenvalue weighted by Crippen LogP contribution is -2.15. The van der Waals surface area contributed by atoms with Crippen LogP contribution in [0.2, 0.25) is 0 Å². The molecule has 0 aliphatic rings. The standard InChI is InChI=1S/C12H16F3N/c1-8-5-10(4-3-9(2)16)7-11(6-8)12(13,14)15/h5-7,9H,3-4,16H2,1-2H3/t9-/m0/s1. The SMILES string of the molecule is Cc1cc(CC[C@H](C)N)cc(C(F)(F)F)c1. The summed E-state index contributed by atoms with van der Waals surface area (Å²) in [5.74, 6) is 0. The molecule has 0 aliphatic heterocycles. The van der Waals surface area contributed by atoms with Crippen LogP contribution in [0.3, 0.4) is 0 Å². The monoisotopic (exact) mass is 231 g/mol. The van der Waals surface area contributed by atoms with Crippen LogP contribution in [0.15, 0.2) is 18.2 Å². The molecule has 16 heavy (non-hydrogen) atoms. The van der Waals surface area contributed by atoms with Crippen molar-refractivity contribution in [3.63, 3.8) is 0 Å². The number of alkyl halides is 3. The van der Waals surface area contributed by atoms with E-state index in [1.54, 1.807) is 13.0 Å². The van der Waals surface area contributed by atoms with Gasteiger partial charge in [-0.25, -0.2) is 0 Å². The zero-order valence-electron chi connectivity index (χ0n) is 9.43. The van der Waals surface area contributed by atoms with E-state index in [1.807, 2.05) is 6.92 Å². The average Bonchev–Trinajstić information content (AvgIpc) is 2.12. The van der Waals surface area contributed by atoms with Gasteiger partial charge in [-0.1, -0.05) is 11.6 Å². The predicted octanol–water partition coefficient (Wildman–Crippen LogP) is 3.29. The highest BCUT2D eigenvalue weighted by molar-refractivity contribution is 5.31. The zero-order chi connectivity index (χ0) is 12.3. The van der Waals surface area contributed by atoms with E-state index in [1.165, 1.54) is 6.07 Å². The first-order valence-electron chi connectivity index (χ1n) is 5.22. The quantitative estimate of drug-likeness (QED) is 0.848. The summed E-state index contributed by atoms with van der Waals surface area (Å²) in [4.78, 5) is 0. The van der Waals surface area contributed by atoms with Gasteiger partial charge in [-0.05, 0) is 44.4 Å². The summed E-state index contributed by atoms with van der Waals surface area (Å²) >= 11 is 0. The second kappa shape index (κ2) is 4.87. The molecule has 1 rings (SSSR count). The van der Waals surface area contributed by atoms with E-state index in [2.05, 4.69) is 0 Å². The smallest absolute Gasteiger partial charge is 0.328 e. The molecule has 0 spiro atoms. The molecule has 0 saturated heterocycles. The highest BCUT2D eigenvalue weighted by atomic mass is 19.4. The fourth-order valence-electron chi connectivity index (χ4n) is 1.56. The van der Waals surface area contributed by atoms with Crippen molar-refractivity contribution in [2.75, 3.05) is 0 Å². The summed E-state index contributed by atoms with van der Waals surface area (Å²) in [6.45, 7) is 3.52. The molecule has 1 aromatic carbocycles. The number of hydrogen-bond acceptors (Lipinski definition) is 1. The van der Waals surface area contributed by atoms with Gasteiger partial charge in [-0.15, -0.1) is 0 Å². The van der Waals surface area contributed by atoms with Crippen LogP contribution in [0.25, 0.3) is 0 Å². The van der Waals surface area contributed by atoms with E-state index in [-0.39, 0.29) is 6.04 Å². The van der Waals surface area contributed by atoms with Gasteiger partial charge in [0.1, 0.15) is 0 Å². The fraction of sp³-hybridized carbons (Fsp3) is 0.500. The predicted molar refractivity (Wildman–Crippen MR) is 58.2 cm³/mol. The lowest BCUT2D eigenvalue weighted by Gasteiger charge is -2.11. The number of benzene rings is 1. The molecule has 1 nitrogen and oxygen atoms in total. The van der Waals surface area contributed by atoms with Crippen LogP contribution in [0.5, 0.6) is 0 Å². The fourth-order valence-corrected chi connectivity index (χ4v) is 1.56. The van der Waals surface area contributed by atoms with Crippen LogP contribution in [0.4, 0.5) is 13.2 Å². The van der Waals surface area contributed by atoms with Crippen molar-refractivity contribution in [3.8, 4) is 0 Å². The van der Waals surface area contributed by atoms with Crippen molar-refractivity contribution in [1.29, 1.82) is 0 Å². The van der Waals surface area contributed by atoms with Gasteiger partial charge in [0, 0.05) is 6.04 Å². The van der Waals surface area contributed by atoms with Crippen molar-refractivity contribution in [2.45, 2.75) is 38.9 Å². The maximum atomic E-state index is 12.5. The van der Waals surface area contributed by atoms with Crippen molar-refractivity contribution >= 4 is 0 Å². The minimum Gasteiger partial charge on any atom is -0.328 e. The number of hydrogen-bond donors (Lipinski definition) is 1. The minimum absolute atomic E-state index is 0.00912. The summed E-state index contributed by atoms with van der Waals surface area (Å²) in [6, 6.07) is 4.15. The average molecular weight is 231 g/mol. The van der Waals surface area contributed by atoms with Gasteiger partial charge in [0.25, 0.3) is 0 Å². The first kappa shape index (κ1) is 13.0. The van der Waals surface area contributed by atoms with Crippen molar-refractivity contribution in [3.05, 3.63) is 34.9 Å². The summed E-state index contributed by atoms with van der Waals surface area (Å²) in [7, 11) is 0. The molecule has 0 saturated carbocycles. The molecule has 4 heteroatoms. The van der Waals surface area contributed by atoms with E-state index >= 15 is 0 Å². The second-order valence-electron chi connectivity index (χ2n) is 4.22. The molecule has 0 unspecified atom stereocenters. The summed E-state index contributed by atoms with van der Waals surface area (Å²) < 4.78 is 37.6. The molecule has 0 heterocycles. The third-order valence-electron chi connectivity index (χ3n) is 2.35. The van der Waals surface area contributed by atoms with Gasteiger partial charge in [0.2, 0.25) is 0 Å². The maximum Gasteiger partial charge on any atom is 0.416 e. The molecule has 0 amide bonds. The van der Waals surface area contributed by atoms with Gasteiger partial charge >= 0.3 is 6.18 Å². The molecular weight excluding hydrogens is 215 g/mol. The molecule has 0 fully saturated rings. The van der Waals surface area contributed by atoms with Gasteiger partial charge in [0.05, 0.1) is 5.56 Å². The van der Waals surface area contributed by atoms with Crippen molar-refractivity contribution < 1.29 is 13.2 Å². The van der Waals surface area contributed by atoms with Crippen molar-refractivity contribution in [2.24, 2.45) is 5.73 Å². The Bertz CT molecular complexity index is 356. The van der Waals surface area contributed by atoms with Crippen LogP contribution in [0, 0.1) is 6.92 Å². The molecule has 0 aliphatic carbocycles. The molecule has 0 bridgehead atoms. The number of halogens is 3. The minimum atomic E-state index is -4.27. The Kier molecular flexibility index (Phi) is 3.97. The Balaban J connectivity index is 2.90. The summed E-state index contributed by atoms with van der Waals surface area (Å²) in [5, 5.41) is 0. The van der Waals surface area contributed by atoms with Crippen LogP contribution >= 0.6 is 0 Å². The molecular formula is C12H16F3N. The Morgan fingerprint density at radius 1 is 1.25 bits per heavy atom. The van der Waals surface area contributed by atoms with Gasteiger partial charge in [-0.3, -0.25) is 0 Å². The van der Waals surface area contributed by atoms with E-state index in [4.69, 9.17) is 5.73 Å². The highest BCUT2D eigenvalue weighted by Gasteiger charge is 2.30. The van der Waals surface area contributed by atoms with E-state index in [9.17, 15) is 13.2 Å². The Labute approximate surface area is 93.5 Å². The van der Waals surface area contributed by atoms with Crippen LogP contribution in [-0.4, -0.2) is 6.04 Å². The second-order valence-corrected chi connectivity index (χ2v) is 4.22. The molecule has 90 valence electrons. The lowest BCUT2D eigenvalue weighted by molar-refractivity contribution is -0.137. The first-order chi connectivity index (χ1) is 7.29.